The van der Waals surface area contributed by atoms with E-state index < -0.39 is 0 Å². The smallest absolute Gasteiger partial charge is 0.0438 e. The number of nitrogens with one attached hydrogen (secondary N) is 1. The number of halogens is 2. The fourth-order valence-electron chi connectivity index (χ4n) is 2.24. The van der Waals surface area contributed by atoms with Crippen LogP contribution in [0, 0.1) is 6.92 Å². The van der Waals surface area contributed by atoms with E-state index in [4.69, 9.17) is 23.2 Å². The molecule has 0 aliphatic heterocycles. The second-order valence-electron chi connectivity index (χ2n) is 4.70. The van der Waals surface area contributed by atoms with Gasteiger partial charge in [0.15, 0.2) is 0 Å². The first-order chi connectivity index (χ1) is 9.10. The van der Waals surface area contributed by atoms with Crippen LogP contribution in [0.15, 0.2) is 42.5 Å². The van der Waals surface area contributed by atoms with Crippen LogP contribution in [0.4, 0.5) is 0 Å². The van der Waals surface area contributed by atoms with E-state index in [0.29, 0.717) is 0 Å². The Kier molecular flexibility index (Phi) is 4.87. The number of rotatable bonds is 4. The van der Waals surface area contributed by atoms with E-state index in [9.17, 15) is 0 Å². The molecule has 1 atom stereocenters. The van der Waals surface area contributed by atoms with Crippen LogP contribution in [-0.4, -0.2) is 7.05 Å². The monoisotopic (exact) mass is 293 g/mol. The van der Waals surface area contributed by atoms with Gasteiger partial charge in [0.25, 0.3) is 0 Å². The summed E-state index contributed by atoms with van der Waals surface area (Å²) < 4.78 is 0. The minimum Gasteiger partial charge on any atom is -0.313 e. The predicted octanol–water partition coefficient (Wildman–Crippen LogP) is 4.81. The highest BCUT2D eigenvalue weighted by Crippen LogP contribution is 2.26. The molecule has 0 spiro atoms. The second-order valence-corrected chi connectivity index (χ2v) is 5.54. The van der Waals surface area contributed by atoms with Crippen molar-refractivity contribution in [3.63, 3.8) is 0 Å². The summed E-state index contributed by atoms with van der Waals surface area (Å²) in [6.07, 6.45) is 0.843. The van der Waals surface area contributed by atoms with Gasteiger partial charge in [-0.15, -0.1) is 0 Å². The van der Waals surface area contributed by atoms with E-state index in [-0.39, 0.29) is 6.04 Å². The minimum absolute atomic E-state index is 0.206. The zero-order valence-electron chi connectivity index (χ0n) is 11.1. The summed E-state index contributed by atoms with van der Waals surface area (Å²) in [5.41, 5.74) is 3.50. The van der Waals surface area contributed by atoms with E-state index in [2.05, 4.69) is 24.4 Å². The Morgan fingerprint density at radius 2 is 1.84 bits per heavy atom. The predicted molar refractivity (Wildman–Crippen MR) is 83.1 cm³/mol. The molecule has 0 fully saturated rings. The lowest BCUT2D eigenvalue weighted by Gasteiger charge is -2.18. The van der Waals surface area contributed by atoms with Gasteiger partial charge in [-0.3, -0.25) is 0 Å². The zero-order chi connectivity index (χ0) is 13.8. The molecule has 0 radical (unpaired) electrons. The van der Waals surface area contributed by atoms with Crippen molar-refractivity contribution in [2.24, 2.45) is 0 Å². The maximum Gasteiger partial charge on any atom is 0.0438 e. The topological polar surface area (TPSA) is 12.0 Å². The summed E-state index contributed by atoms with van der Waals surface area (Å²) in [4.78, 5) is 0. The zero-order valence-corrected chi connectivity index (χ0v) is 12.6. The van der Waals surface area contributed by atoms with Crippen LogP contribution in [-0.2, 0) is 6.42 Å². The molecule has 0 aromatic heterocycles. The molecule has 3 heteroatoms. The van der Waals surface area contributed by atoms with E-state index in [0.717, 1.165) is 22.0 Å². The van der Waals surface area contributed by atoms with Crippen LogP contribution in [0.2, 0.25) is 10.0 Å². The molecule has 2 aromatic carbocycles. The summed E-state index contributed by atoms with van der Waals surface area (Å²) in [7, 11) is 1.96. The van der Waals surface area contributed by atoms with Crippen molar-refractivity contribution >= 4 is 23.2 Å². The molecule has 1 nitrogen and oxygen atoms in total. The van der Waals surface area contributed by atoms with Gasteiger partial charge in [-0.1, -0.05) is 47.5 Å². The van der Waals surface area contributed by atoms with Gasteiger partial charge in [0, 0.05) is 16.1 Å². The molecule has 0 heterocycles. The van der Waals surface area contributed by atoms with Crippen molar-refractivity contribution in [1.29, 1.82) is 0 Å². The van der Waals surface area contributed by atoms with Crippen molar-refractivity contribution in [3.8, 4) is 0 Å². The molecule has 0 saturated carbocycles. The molecular weight excluding hydrogens is 277 g/mol. The molecule has 0 aliphatic rings. The average Bonchev–Trinajstić information content (AvgIpc) is 2.36. The summed E-state index contributed by atoms with van der Waals surface area (Å²) in [6, 6.07) is 14.3. The van der Waals surface area contributed by atoms with Crippen LogP contribution in [0.5, 0.6) is 0 Å². The van der Waals surface area contributed by atoms with Gasteiger partial charge < -0.3 is 5.32 Å². The SMILES string of the molecule is CNC(Cc1ccccc1Cl)c1cc(C)cc(Cl)c1. The first kappa shape index (κ1) is 14.4. The molecule has 100 valence electrons. The average molecular weight is 294 g/mol. The van der Waals surface area contributed by atoms with Gasteiger partial charge >= 0.3 is 0 Å². The fraction of sp³-hybridized carbons (Fsp3) is 0.250. The second kappa shape index (κ2) is 6.42. The molecule has 2 rings (SSSR count). The quantitative estimate of drug-likeness (QED) is 0.853. The van der Waals surface area contributed by atoms with Crippen LogP contribution >= 0.6 is 23.2 Å². The normalized spacial score (nSPS) is 12.4. The maximum absolute atomic E-state index is 6.22. The van der Waals surface area contributed by atoms with E-state index in [1.54, 1.807) is 0 Å². The lowest BCUT2D eigenvalue weighted by Crippen LogP contribution is -2.19. The lowest BCUT2D eigenvalue weighted by molar-refractivity contribution is 0.592. The maximum atomic E-state index is 6.22. The number of aryl methyl sites for hydroxylation is 1. The largest absolute Gasteiger partial charge is 0.313 e. The molecule has 0 saturated heterocycles. The van der Waals surface area contributed by atoms with E-state index in [1.165, 1.54) is 11.1 Å². The Balaban J connectivity index is 2.28. The fourth-order valence-corrected chi connectivity index (χ4v) is 2.75. The molecule has 1 N–H and O–H groups in total. The number of hydrogen-bond acceptors (Lipinski definition) is 1. The molecule has 0 bridgehead atoms. The molecule has 2 aromatic rings. The standard InChI is InChI=1S/C16H17Cl2N/c1-11-7-13(9-14(17)8-11)16(19-2)10-12-5-3-4-6-15(12)18/h3-9,16,19H,10H2,1-2H3. The summed E-state index contributed by atoms with van der Waals surface area (Å²) in [6.45, 7) is 2.05. The van der Waals surface area contributed by atoms with Crippen molar-refractivity contribution in [2.75, 3.05) is 7.05 Å². The number of likely N-dealkylation sites (N-methyl/N-ethyl adjacent to an activating group) is 1. The number of benzene rings is 2. The Labute approximate surface area is 124 Å². The van der Waals surface area contributed by atoms with Crippen molar-refractivity contribution in [1.82, 2.24) is 5.32 Å². The van der Waals surface area contributed by atoms with Gasteiger partial charge in [-0.25, -0.2) is 0 Å². The highest BCUT2D eigenvalue weighted by molar-refractivity contribution is 6.31. The Morgan fingerprint density at radius 1 is 1.11 bits per heavy atom. The van der Waals surface area contributed by atoms with Crippen LogP contribution in [0.25, 0.3) is 0 Å². The molecular formula is C16H17Cl2N. The summed E-state index contributed by atoms with van der Waals surface area (Å²) in [5.74, 6) is 0. The highest BCUT2D eigenvalue weighted by Gasteiger charge is 2.12. The Bertz CT molecular complexity index is 546. The van der Waals surface area contributed by atoms with Crippen molar-refractivity contribution in [3.05, 3.63) is 69.2 Å². The third kappa shape index (κ3) is 3.73. The summed E-state index contributed by atoms with van der Waals surface area (Å²) in [5, 5.41) is 4.91. The van der Waals surface area contributed by atoms with Gasteiger partial charge in [0.2, 0.25) is 0 Å². The van der Waals surface area contributed by atoms with Gasteiger partial charge in [-0.05, 0) is 55.3 Å². The van der Waals surface area contributed by atoms with Gasteiger partial charge in [0.1, 0.15) is 0 Å². The highest BCUT2D eigenvalue weighted by atomic mass is 35.5. The third-order valence-electron chi connectivity index (χ3n) is 3.20. The minimum atomic E-state index is 0.206. The van der Waals surface area contributed by atoms with Gasteiger partial charge in [0.05, 0.1) is 0 Å². The summed E-state index contributed by atoms with van der Waals surface area (Å²) >= 11 is 12.4. The van der Waals surface area contributed by atoms with E-state index in [1.807, 2.05) is 37.4 Å². The van der Waals surface area contributed by atoms with Crippen molar-refractivity contribution < 1.29 is 0 Å². The molecule has 0 aliphatic carbocycles. The first-order valence-electron chi connectivity index (χ1n) is 6.28. The van der Waals surface area contributed by atoms with Crippen molar-refractivity contribution in [2.45, 2.75) is 19.4 Å². The van der Waals surface area contributed by atoms with E-state index >= 15 is 0 Å². The first-order valence-corrected chi connectivity index (χ1v) is 7.03. The Hall–Kier alpha value is -1.02. The molecule has 0 amide bonds. The van der Waals surface area contributed by atoms with Crippen LogP contribution < -0.4 is 5.32 Å². The third-order valence-corrected chi connectivity index (χ3v) is 3.78. The molecule has 1 unspecified atom stereocenters. The lowest BCUT2D eigenvalue weighted by atomic mass is 9.97. The van der Waals surface area contributed by atoms with Crippen LogP contribution in [0.1, 0.15) is 22.7 Å². The number of hydrogen-bond donors (Lipinski definition) is 1. The molecule has 19 heavy (non-hydrogen) atoms. The van der Waals surface area contributed by atoms with Gasteiger partial charge in [-0.2, -0.15) is 0 Å². The Morgan fingerprint density at radius 3 is 2.47 bits per heavy atom. The van der Waals surface area contributed by atoms with Crippen LogP contribution in [0.3, 0.4) is 0 Å².